The Morgan fingerprint density at radius 2 is 1.87 bits per heavy atom. The van der Waals surface area contributed by atoms with E-state index in [1.54, 1.807) is 13.8 Å². The standard InChI is InChI=1S/C26H20ClFN4O3S3/c1-12-7-9-15(10-8-12)11-36-26-31-30-25(38-26)32-20(18-16(27)5-4-6-17(18)28)19(22(34)24(32)35)21(33)23-13(2)29-14(3)37-23/h4-10,20,34H,11H2,1-3H3. The van der Waals surface area contributed by atoms with Crippen LogP contribution >= 0.6 is 46.0 Å². The number of nitrogens with zero attached hydrogens (tertiary/aromatic N) is 4. The summed E-state index contributed by atoms with van der Waals surface area (Å²) in [5, 5.41) is 20.1. The van der Waals surface area contributed by atoms with Crippen LogP contribution in [0, 0.1) is 26.6 Å². The van der Waals surface area contributed by atoms with Gasteiger partial charge in [-0.15, -0.1) is 21.5 Å². The Hall–Kier alpha value is -3.12. The van der Waals surface area contributed by atoms with Crippen molar-refractivity contribution < 1.29 is 19.1 Å². The van der Waals surface area contributed by atoms with Crippen LogP contribution in [0.1, 0.15) is 43.1 Å². The van der Waals surface area contributed by atoms with E-state index in [-0.39, 0.29) is 26.2 Å². The number of aryl methyl sites for hydroxylation is 3. The first-order chi connectivity index (χ1) is 18.2. The van der Waals surface area contributed by atoms with Gasteiger partial charge in [-0.05, 0) is 38.5 Å². The maximum atomic E-state index is 15.2. The molecule has 0 radical (unpaired) electrons. The number of Topliss-reactive ketones (excluding diaryl/α,β-unsaturated/α-hetero) is 1. The SMILES string of the molecule is Cc1ccc(CSc2nnc(N3C(=O)C(O)=C(C(=O)c4sc(C)nc4C)C3c3c(F)cccc3Cl)s2)cc1. The van der Waals surface area contributed by atoms with E-state index in [0.29, 0.717) is 20.8 Å². The third-order valence-electron chi connectivity index (χ3n) is 5.92. The first-order valence-corrected chi connectivity index (χ1v) is 14.4. The molecular formula is C26H20ClFN4O3S3. The molecule has 4 aromatic rings. The monoisotopic (exact) mass is 586 g/mol. The van der Waals surface area contributed by atoms with Gasteiger partial charge in [-0.25, -0.2) is 9.37 Å². The number of hydrogen-bond donors (Lipinski definition) is 1. The number of aromatic nitrogens is 3. The number of halogens is 2. The zero-order valence-electron chi connectivity index (χ0n) is 20.4. The average Bonchev–Trinajstić information content (AvgIpc) is 3.54. The quantitative estimate of drug-likeness (QED) is 0.145. The van der Waals surface area contributed by atoms with Crippen molar-refractivity contribution in [1.29, 1.82) is 0 Å². The number of carbonyl (C=O) groups excluding carboxylic acids is 2. The van der Waals surface area contributed by atoms with E-state index in [0.717, 1.165) is 38.7 Å². The first-order valence-electron chi connectivity index (χ1n) is 11.4. The van der Waals surface area contributed by atoms with Crippen LogP contribution in [0.3, 0.4) is 0 Å². The Kier molecular flexibility index (Phi) is 7.36. The Morgan fingerprint density at radius 3 is 2.53 bits per heavy atom. The molecule has 2 aromatic heterocycles. The van der Waals surface area contributed by atoms with Crippen LogP contribution in [0.5, 0.6) is 0 Å². The molecule has 12 heteroatoms. The topological polar surface area (TPSA) is 96.3 Å². The minimum atomic E-state index is -1.34. The summed E-state index contributed by atoms with van der Waals surface area (Å²) in [5.74, 6) is -2.39. The van der Waals surface area contributed by atoms with E-state index in [2.05, 4.69) is 15.2 Å². The minimum absolute atomic E-state index is 0.00323. The lowest BCUT2D eigenvalue weighted by Gasteiger charge is -2.25. The van der Waals surface area contributed by atoms with Crippen molar-refractivity contribution in [3.63, 3.8) is 0 Å². The molecule has 5 rings (SSSR count). The maximum Gasteiger partial charge on any atom is 0.296 e. The lowest BCUT2D eigenvalue weighted by Crippen LogP contribution is -2.31. The summed E-state index contributed by atoms with van der Waals surface area (Å²) in [6.45, 7) is 5.42. The van der Waals surface area contributed by atoms with Gasteiger partial charge in [0.2, 0.25) is 10.9 Å². The number of hydrogen-bond acceptors (Lipinski definition) is 9. The maximum absolute atomic E-state index is 15.2. The van der Waals surface area contributed by atoms with Gasteiger partial charge in [-0.3, -0.25) is 14.5 Å². The highest BCUT2D eigenvalue weighted by molar-refractivity contribution is 8.00. The predicted molar refractivity (Wildman–Crippen MR) is 148 cm³/mol. The predicted octanol–water partition coefficient (Wildman–Crippen LogP) is 6.79. The van der Waals surface area contributed by atoms with Gasteiger partial charge in [0.25, 0.3) is 5.91 Å². The van der Waals surface area contributed by atoms with Crippen LogP contribution in [0.15, 0.2) is 58.1 Å². The molecule has 3 heterocycles. The molecule has 0 bridgehead atoms. The molecule has 1 atom stereocenters. The fourth-order valence-corrected chi connectivity index (χ4v) is 7.10. The molecule has 1 aliphatic rings. The highest BCUT2D eigenvalue weighted by atomic mass is 35.5. The molecule has 7 nitrogen and oxygen atoms in total. The highest BCUT2D eigenvalue weighted by Crippen LogP contribution is 2.46. The number of carbonyl (C=O) groups is 2. The van der Waals surface area contributed by atoms with E-state index < -0.39 is 29.3 Å². The summed E-state index contributed by atoms with van der Waals surface area (Å²) in [6, 6.07) is 10.8. The average molecular weight is 587 g/mol. The van der Waals surface area contributed by atoms with Crippen LogP contribution in [-0.2, 0) is 10.5 Å². The zero-order chi connectivity index (χ0) is 27.1. The Balaban J connectivity index is 1.54. The van der Waals surface area contributed by atoms with Crippen molar-refractivity contribution in [2.24, 2.45) is 0 Å². The number of rotatable bonds is 7. The van der Waals surface area contributed by atoms with Gasteiger partial charge in [-0.2, -0.15) is 0 Å². The summed E-state index contributed by atoms with van der Waals surface area (Å²) >= 11 is 10.1. The number of thiazole rings is 1. The molecule has 38 heavy (non-hydrogen) atoms. The van der Waals surface area contributed by atoms with Gasteiger partial charge in [0, 0.05) is 16.3 Å². The molecular weight excluding hydrogens is 567 g/mol. The van der Waals surface area contributed by atoms with E-state index in [1.807, 2.05) is 31.2 Å². The van der Waals surface area contributed by atoms with Crippen molar-refractivity contribution in [1.82, 2.24) is 15.2 Å². The summed E-state index contributed by atoms with van der Waals surface area (Å²) in [4.78, 5) is 32.7. The molecule has 2 aromatic carbocycles. The molecule has 0 spiro atoms. The van der Waals surface area contributed by atoms with Crippen molar-refractivity contribution in [3.05, 3.63) is 96.9 Å². The third kappa shape index (κ3) is 4.86. The number of anilines is 1. The Labute approximate surface area is 235 Å². The number of ketones is 1. The van der Waals surface area contributed by atoms with Crippen molar-refractivity contribution >= 4 is 62.9 Å². The minimum Gasteiger partial charge on any atom is -0.503 e. The van der Waals surface area contributed by atoms with Crippen molar-refractivity contribution in [2.75, 3.05) is 4.90 Å². The molecule has 1 aliphatic heterocycles. The molecule has 1 N–H and O–H groups in total. The smallest absolute Gasteiger partial charge is 0.296 e. The highest BCUT2D eigenvalue weighted by Gasteiger charge is 2.48. The molecule has 0 saturated carbocycles. The summed E-state index contributed by atoms with van der Waals surface area (Å²) in [6.07, 6.45) is 0. The van der Waals surface area contributed by atoms with Gasteiger partial charge in [-0.1, -0.05) is 70.6 Å². The summed E-state index contributed by atoms with van der Waals surface area (Å²) in [5.41, 5.74) is 2.31. The van der Waals surface area contributed by atoms with Gasteiger partial charge >= 0.3 is 0 Å². The van der Waals surface area contributed by atoms with Crippen LogP contribution < -0.4 is 4.90 Å². The Morgan fingerprint density at radius 1 is 1.13 bits per heavy atom. The fraction of sp³-hybridized carbons (Fsp3) is 0.192. The van der Waals surface area contributed by atoms with Crippen molar-refractivity contribution in [2.45, 2.75) is 36.9 Å². The van der Waals surface area contributed by atoms with Gasteiger partial charge < -0.3 is 5.11 Å². The van der Waals surface area contributed by atoms with E-state index >= 15 is 4.39 Å². The number of aliphatic hydroxyl groups excluding tert-OH is 1. The summed E-state index contributed by atoms with van der Waals surface area (Å²) in [7, 11) is 0. The molecule has 1 amide bonds. The number of aliphatic hydroxyl groups is 1. The molecule has 0 fully saturated rings. The third-order valence-corrected chi connectivity index (χ3v) is 9.45. The summed E-state index contributed by atoms with van der Waals surface area (Å²) < 4.78 is 15.8. The number of benzene rings is 2. The van der Waals surface area contributed by atoms with Gasteiger partial charge in [0.15, 0.2) is 10.1 Å². The second kappa shape index (κ2) is 10.6. The lowest BCUT2D eigenvalue weighted by atomic mass is 9.94. The number of amides is 1. The molecule has 0 aliphatic carbocycles. The van der Waals surface area contributed by atoms with Gasteiger partial charge in [0.05, 0.1) is 21.2 Å². The van der Waals surface area contributed by atoms with Gasteiger partial charge in [0.1, 0.15) is 11.9 Å². The van der Waals surface area contributed by atoms with Crippen LogP contribution in [0.2, 0.25) is 5.02 Å². The second-order valence-corrected chi connectivity index (χ2v) is 12.4. The molecule has 0 saturated heterocycles. The first kappa shape index (κ1) is 26.5. The van der Waals surface area contributed by atoms with E-state index in [4.69, 9.17) is 11.6 Å². The molecule has 1 unspecified atom stereocenters. The van der Waals surface area contributed by atoms with E-state index in [1.165, 1.54) is 30.0 Å². The largest absolute Gasteiger partial charge is 0.503 e. The van der Waals surface area contributed by atoms with Crippen LogP contribution in [0.25, 0.3) is 0 Å². The number of thioether (sulfide) groups is 1. The molecule has 194 valence electrons. The van der Waals surface area contributed by atoms with E-state index in [9.17, 15) is 14.7 Å². The zero-order valence-corrected chi connectivity index (χ0v) is 23.6. The van der Waals surface area contributed by atoms with Crippen LogP contribution in [0.4, 0.5) is 9.52 Å². The Bertz CT molecular complexity index is 1580. The normalized spacial score (nSPS) is 15.6. The van der Waals surface area contributed by atoms with Crippen LogP contribution in [-0.4, -0.2) is 32.0 Å². The lowest BCUT2D eigenvalue weighted by molar-refractivity contribution is -0.117. The fourth-order valence-electron chi connectivity index (χ4n) is 4.13. The van der Waals surface area contributed by atoms with Crippen molar-refractivity contribution in [3.8, 4) is 0 Å². The second-order valence-electron chi connectivity index (χ2n) is 8.58.